The van der Waals surface area contributed by atoms with Crippen molar-refractivity contribution in [2.24, 2.45) is 0 Å². The molecule has 1 aliphatic heterocycles. The molecule has 0 spiro atoms. The van der Waals surface area contributed by atoms with Crippen molar-refractivity contribution >= 4 is 12.0 Å². The summed E-state index contributed by atoms with van der Waals surface area (Å²) in [6, 6.07) is 2.31. The standard InChI is InChI=1S/C12H14F3N5O3/c13-12(14,15)7-17-10(21)8-1-2-9(19-18-8)23-11(22)20-5-3-16-4-6-20/h1-2,16H,3-7H2,(H,17,21). The number of rotatable bonds is 3. The second kappa shape index (κ2) is 7.22. The zero-order valence-corrected chi connectivity index (χ0v) is 11.9. The molecule has 1 aromatic heterocycles. The van der Waals surface area contributed by atoms with Crippen molar-refractivity contribution in [3.05, 3.63) is 17.8 Å². The summed E-state index contributed by atoms with van der Waals surface area (Å²) >= 11 is 0. The summed E-state index contributed by atoms with van der Waals surface area (Å²) in [6.07, 6.45) is -5.11. The minimum Gasteiger partial charge on any atom is -0.389 e. The number of nitrogens with one attached hydrogen (secondary N) is 2. The molecule has 23 heavy (non-hydrogen) atoms. The Balaban J connectivity index is 1.88. The second-order valence-electron chi connectivity index (χ2n) is 4.66. The van der Waals surface area contributed by atoms with Gasteiger partial charge in [-0.2, -0.15) is 13.2 Å². The number of hydrogen-bond donors (Lipinski definition) is 2. The molecule has 0 unspecified atom stereocenters. The Morgan fingerprint density at radius 3 is 2.52 bits per heavy atom. The molecule has 2 heterocycles. The highest BCUT2D eigenvalue weighted by molar-refractivity contribution is 5.92. The van der Waals surface area contributed by atoms with Gasteiger partial charge in [0.2, 0.25) is 5.88 Å². The van der Waals surface area contributed by atoms with E-state index in [1.807, 2.05) is 0 Å². The molecule has 0 atom stereocenters. The van der Waals surface area contributed by atoms with Crippen LogP contribution >= 0.6 is 0 Å². The summed E-state index contributed by atoms with van der Waals surface area (Å²) in [5, 5.41) is 11.7. The monoisotopic (exact) mass is 333 g/mol. The first-order chi connectivity index (χ1) is 10.8. The highest BCUT2D eigenvalue weighted by Gasteiger charge is 2.28. The van der Waals surface area contributed by atoms with Crippen LogP contribution in [0.15, 0.2) is 12.1 Å². The molecule has 0 radical (unpaired) electrons. The van der Waals surface area contributed by atoms with Crippen LogP contribution in [0.1, 0.15) is 10.5 Å². The maximum atomic E-state index is 12.0. The van der Waals surface area contributed by atoms with E-state index in [-0.39, 0.29) is 11.6 Å². The van der Waals surface area contributed by atoms with Crippen molar-refractivity contribution in [1.29, 1.82) is 0 Å². The number of piperazine rings is 1. The van der Waals surface area contributed by atoms with E-state index in [0.717, 1.165) is 6.07 Å². The molecule has 1 aliphatic rings. The number of ether oxygens (including phenoxy) is 1. The average Bonchev–Trinajstić information content (AvgIpc) is 2.53. The van der Waals surface area contributed by atoms with Crippen molar-refractivity contribution in [3.8, 4) is 5.88 Å². The summed E-state index contributed by atoms with van der Waals surface area (Å²) in [7, 11) is 0. The Labute approximate surface area is 129 Å². The predicted molar refractivity (Wildman–Crippen MR) is 70.9 cm³/mol. The van der Waals surface area contributed by atoms with Crippen molar-refractivity contribution in [1.82, 2.24) is 25.7 Å². The number of carbonyl (C=O) groups excluding carboxylic acids is 2. The topological polar surface area (TPSA) is 96.5 Å². The Morgan fingerprint density at radius 1 is 1.26 bits per heavy atom. The normalized spacial score (nSPS) is 15.2. The van der Waals surface area contributed by atoms with Crippen LogP contribution in [0, 0.1) is 0 Å². The van der Waals surface area contributed by atoms with E-state index in [9.17, 15) is 22.8 Å². The Bertz CT molecular complexity index is 558. The number of nitrogens with zero attached hydrogens (tertiary/aromatic N) is 3. The van der Waals surface area contributed by atoms with E-state index in [0.29, 0.717) is 26.2 Å². The smallest absolute Gasteiger partial charge is 0.389 e. The first-order valence-electron chi connectivity index (χ1n) is 6.71. The molecule has 126 valence electrons. The minimum atomic E-state index is -4.51. The van der Waals surface area contributed by atoms with Crippen LogP contribution in [-0.4, -0.2) is 66.0 Å². The number of alkyl halides is 3. The highest BCUT2D eigenvalue weighted by atomic mass is 19.4. The van der Waals surface area contributed by atoms with Crippen LogP contribution in [-0.2, 0) is 0 Å². The Morgan fingerprint density at radius 2 is 1.96 bits per heavy atom. The van der Waals surface area contributed by atoms with E-state index >= 15 is 0 Å². The Kier molecular flexibility index (Phi) is 5.32. The molecule has 8 nitrogen and oxygen atoms in total. The first-order valence-corrected chi connectivity index (χ1v) is 6.71. The predicted octanol–water partition coefficient (Wildman–Crippen LogP) is 0.173. The summed E-state index contributed by atoms with van der Waals surface area (Å²) < 4.78 is 41.0. The molecule has 2 rings (SSSR count). The van der Waals surface area contributed by atoms with Gasteiger partial charge in [0.05, 0.1) is 0 Å². The molecule has 11 heteroatoms. The van der Waals surface area contributed by atoms with E-state index in [1.165, 1.54) is 11.0 Å². The van der Waals surface area contributed by atoms with Crippen LogP contribution in [0.5, 0.6) is 5.88 Å². The lowest BCUT2D eigenvalue weighted by molar-refractivity contribution is -0.123. The van der Waals surface area contributed by atoms with Crippen molar-refractivity contribution in [2.45, 2.75) is 6.18 Å². The fourth-order valence-corrected chi connectivity index (χ4v) is 1.77. The highest BCUT2D eigenvalue weighted by Crippen LogP contribution is 2.13. The number of halogens is 3. The summed E-state index contributed by atoms with van der Waals surface area (Å²) in [5.74, 6) is -1.16. The summed E-state index contributed by atoms with van der Waals surface area (Å²) in [4.78, 5) is 24.7. The van der Waals surface area contributed by atoms with Gasteiger partial charge in [-0.05, 0) is 6.07 Å². The van der Waals surface area contributed by atoms with Gasteiger partial charge in [-0.15, -0.1) is 10.2 Å². The maximum Gasteiger partial charge on any atom is 0.416 e. The molecule has 1 saturated heterocycles. The first kappa shape index (κ1) is 16.9. The van der Waals surface area contributed by atoms with E-state index in [1.54, 1.807) is 5.32 Å². The van der Waals surface area contributed by atoms with Gasteiger partial charge in [0.1, 0.15) is 6.54 Å². The average molecular weight is 333 g/mol. The number of carbonyl (C=O) groups is 2. The van der Waals surface area contributed by atoms with Gasteiger partial charge in [0, 0.05) is 32.2 Å². The lowest BCUT2D eigenvalue weighted by Crippen LogP contribution is -2.47. The molecule has 0 saturated carbocycles. The number of aromatic nitrogens is 2. The Hall–Kier alpha value is -2.43. The largest absolute Gasteiger partial charge is 0.416 e. The third-order valence-electron chi connectivity index (χ3n) is 2.89. The SMILES string of the molecule is O=C(NCC(F)(F)F)c1ccc(OC(=O)N2CCNCC2)nn1. The lowest BCUT2D eigenvalue weighted by Gasteiger charge is -2.26. The third kappa shape index (κ3) is 5.36. The van der Waals surface area contributed by atoms with Crippen LogP contribution in [0.2, 0.25) is 0 Å². The molecule has 0 bridgehead atoms. The lowest BCUT2D eigenvalue weighted by atomic mass is 10.3. The van der Waals surface area contributed by atoms with Crippen LogP contribution in [0.25, 0.3) is 0 Å². The van der Waals surface area contributed by atoms with Crippen molar-refractivity contribution in [3.63, 3.8) is 0 Å². The maximum absolute atomic E-state index is 12.0. The molecular weight excluding hydrogens is 319 g/mol. The van der Waals surface area contributed by atoms with Gasteiger partial charge in [-0.1, -0.05) is 0 Å². The fraction of sp³-hybridized carbons (Fsp3) is 0.500. The molecule has 2 amide bonds. The zero-order chi connectivity index (χ0) is 16.9. The molecular formula is C12H14F3N5O3. The van der Waals surface area contributed by atoms with E-state index in [4.69, 9.17) is 4.74 Å². The summed E-state index contributed by atoms with van der Waals surface area (Å²) in [6.45, 7) is 0.819. The molecule has 0 aromatic carbocycles. The fourth-order valence-electron chi connectivity index (χ4n) is 1.77. The van der Waals surface area contributed by atoms with Gasteiger partial charge in [-0.25, -0.2) is 4.79 Å². The van der Waals surface area contributed by atoms with Gasteiger partial charge >= 0.3 is 12.3 Å². The van der Waals surface area contributed by atoms with Crippen LogP contribution in [0.4, 0.5) is 18.0 Å². The number of hydrogen-bond acceptors (Lipinski definition) is 6. The van der Waals surface area contributed by atoms with E-state index in [2.05, 4.69) is 15.5 Å². The molecule has 1 fully saturated rings. The molecule has 1 aromatic rings. The number of amides is 2. The van der Waals surface area contributed by atoms with Gasteiger partial charge in [0.25, 0.3) is 5.91 Å². The summed E-state index contributed by atoms with van der Waals surface area (Å²) in [5.41, 5.74) is -0.309. The van der Waals surface area contributed by atoms with Crippen LogP contribution < -0.4 is 15.4 Å². The van der Waals surface area contributed by atoms with Crippen molar-refractivity contribution < 1.29 is 27.5 Å². The van der Waals surface area contributed by atoms with Gasteiger partial charge in [-0.3, -0.25) is 4.79 Å². The third-order valence-corrected chi connectivity index (χ3v) is 2.89. The van der Waals surface area contributed by atoms with Crippen LogP contribution in [0.3, 0.4) is 0 Å². The van der Waals surface area contributed by atoms with Gasteiger partial charge < -0.3 is 20.3 Å². The molecule has 0 aliphatic carbocycles. The van der Waals surface area contributed by atoms with E-state index < -0.39 is 24.7 Å². The quantitative estimate of drug-likeness (QED) is 0.819. The zero-order valence-electron chi connectivity index (χ0n) is 11.9. The molecule has 2 N–H and O–H groups in total. The van der Waals surface area contributed by atoms with Gasteiger partial charge in [0.15, 0.2) is 5.69 Å². The minimum absolute atomic E-state index is 0.138. The second-order valence-corrected chi connectivity index (χ2v) is 4.66. The van der Waals surface area contributed by atoms with Crippen molar-refractivity contribution in [2.75, 3.05) is 32.7 Å².